The lowest BCUT2D eigenvalue weighted by Gasteiger charge is -2.44. The molecule has 1 atom stereocenters. The third-order valence-corrected chi connectivity index (χ3v) is 6.59. The molecule has 0 aliphatic carbocycles. The highest BCUT2D eigenvalue weighted by atomic mass is 32.1. The summed E-state index contributed by atoms with van der Waals surface area (Å²) in [6.07, 6.45) is 0.915. The number of nitrogens with one attached hydrogen (secondary N) is 1. The summed E-state index contributed by atoms with van der Waals surface area (Å²) in [5.41, 5.74) is 0.690. The molecule has 6 heteroatoms. The predicted molar refractivity (Wildman–Crippen MR) is 117 cm³/mol. The molecule has 1 aromatic carbocycles. The van der Waals surface area contributed by atoms with Crippen molar-refractivity contribution in [3.63, 3.8) is 0 Å². The van der Waals surface area contributed by atoms with E-state index in [-0.39, 0.29) is 11.8 Å². The molecular formula is C23H27N3O2S. The van der Waals surface area contributed by atoms with Crippen molar-refractivity contribution in [2.24, 2.45) is 5.92 Å². The zero-order chi connectivity index (χ0) is 20.6. The Morgan fingerprint density at radius 1 is 1.24 bits per heavy atom. The number of benzene rings is 1. The molecule has 1 unspecified atom stereocenters. The lowest BCUT2D eigenvalue weighted by molar-refractivity contribution is -0.133. The molecule has 4 rings (SSSR count). The van der Waals surface area contributed by atoms with E-state index in [1.807, 2.05) is 59.3 Å². The second-order valence-electron chi connectivity index (χ2n) is 8.36. The smallest absolute Gasteiger partial charge is 0.271 e. The van der Waals surface area contributed by atoms with Gasteiger partial charge in [0, 0.05) is 22.3 Å². The number of para-hydroxylation sites is 1. The monoisotopic (exact) mass is 409 g/mol. The maximum absolute atomic E-state index is 13.5. The Morgan fingerprint density at radius 3 is 2.76 bits per heavy atom. The van der Waals surface area contributed by atoms with Crippen LogP contribution in [0.25, 0.3) is 10.9 Å². The first-order chi connectivity index (χ1) is 13.9. The molecule has 3 heterocycles. The highest BCUT2D eigenvalue weighted by Crippen LogP contribution is 2.34. The SMILES string of the molecule is CC(C)CCNC(=O)C1(C)Cn2c(cc3ccccc32)C(=O)N1Cc1cccs1. The fourth-order valence-corrected chi connectivity index (χ4v) is 4.67. The van der Waals surface area contributed by atoms with Crippen molar-refractivity contribution in [3.05, 3.63) is 58.4 Å². The Labute approximate surface area is 175 Å². The number of hydrogen-bond donors (Lipinski definition) is 1. The summed E-state index contributed by atoms with van der Waals surface area (Å²) in [6.45, 7) is 7.67. The average molecular weight is 410 g/mol. The van der Waals surface area contributed by atoms with Crippen molar-refractivity contribution in [2.75, 3.05) is 6.54 Å². The van der Waals surface area contributed by atoms with Crippen LogP contribution in [0.4, 0.5) is 0 Å². The lowest BCUT2D eigenvalue weighted by Crippen LogP contribution is -2.63. The summed E-state index contributed by atoms with van der Waals surface area (Å²) < 4.78 is 2.00. The van der Waals surface area contributed by atoms with Gasteiger partial charge < -0.3 is 14.8 Å². The van der Waals surface area contributed by atoms with Crippen LogP contribution in [0.2, 0.25) is 0 Å². The van der Waals surface area contributed by atoms with Crippen LogP contribution in [0.3, 0.4) is 0 Å². The van der Waals surface area contributed by atoms with Gasteiger partial charge in [-0.25, -0.2) is 0 Å². The van der Waals surface area contributed by atoms with E-state index in [4.69, 9.17) is 0 Å². The van der Waals surface area contributed by atoms with Crippen LogP contribution in [0, 0.1) is 5.92 Å². The quantitative estimate of drug-likeness (QED) is 0.661. The molecule has 1 aliphatic rings. The Hall–Kier alpha value is -2.60. The fraction of sp³-hybridized carbons (Fsp3) is 0.391. The molecule has 1 N–H and O–H groups in total. The van der Waals surface area contributed by atoms with E-state index in [0.29, 0.717) is 31.2 Å². The van der Waals surface area contributed by atoms with Gasteiger partial charge in [0.25, 0.3) is 5.91 Å². The first kappa shape index (κ1) is 19.7. The molecule has 0 saturated carbocycles. The minimum Gasteiger partial charge on any atom is -0.354 e. The van der Waals surface area contributed by atoms with Crippen LogP contribution in [0.5, 0.6) is 0 Å². The third-order valence-electron chi connectivity index (χ3n) is 5.73. The number of aromatic nitrogens is 1. The topological polar surface area (TPSA) is 54.3 Å². The summed E-state index contributed by atoms with van der Waals surface area (Å²) in [5, 5.41) is 6.11. The van der Waals surface area contributed by atoms with Crippen LogP contribution < -0.4 is 5.32 Å². The molecule has 0 bridgehead atoms. The van der Waals surface area contributed by atoms with Crippen molar-refractivity contribution >= 4 is 34.1 Å². The van der Waals surface area contributed by atoms with Crippen LogP contribution in [0.15, 0.2) is 47.8 Å². The predicted octanol–water partition coefficient (Wildman–Crippen LogP) is 4.28. The van der Waals surface area contributed by atoms with Gasteiger partial charge in [-0.1, -0.05) is 38.1 Å². The van der Waals surface area contributed by atoms with Gasteiger partial charge in [-0.3, -0.25) is 9.59 Å². The van der Waals surface area contributed by atoms with Gasteiger partial charge in [-0.05, 0) is 42.8 Å². The van der Waals surface area contributed by atoms with Gasteiger partial charge in [0.15, 0.2) is 0 Å². The second-order valence-corrected chi connectivity index (χ2v) is 9.39. The van der Waals surface area contributed by atoms with Crippen LogP contribution in [0.1, 0.15) is 42.6 Å². The number of hydrogen-bond acceptors (Lipinski definition) is 3. The van der Waals surface area contributed by atoms with Crippen molar-refractivity contribution in [1.29, 1.82) is 0 Å². The second kappa shape index (κ2) is 7.67. The molecule has 2 amide bonds. The summed E-state index contributed by atoms with van der Waals surface area (Å²) in [7, 11) is 0. The van der Waals surface area contributed by atoms with E-state index in [0.717, 1.165) is 22.2 Å². The van der Waals surface area contributed by atoms with Crippen LogP contribution in [-0.2, 0) is 17.9 Å². The Morgan fingerprint density at radius 2 is 2.03 bits per heavy atom. The Kier molecular flexibility index (Phi) is 5.21. The number of nitrogens with zero attached hydrogens (tertiary/aromatic N) is 2. The highest BCUT2D eigenvalue weighted by Gasteiger charge is 2.47. The van der Waals surface area contributed by atoms with Crippen LogP contribution >= 0.6 is 11.3 Å². The Balaban J connectivity index is 1.73. The molecular weight excluding hydrogens is 382 g/mol. The van der Waals surface area contributed by atoms with Crippen molar-refractivity contribution in [2.45, 2.75) is 45.8 Å². The number of carbonyl (C=O) groups excluding carboxylic acids is 2. The number of amides is 2. The molecule has 1 aliphatic heterocycles. The third kappa shape index (κ3) is 3.57. The molecule has 5 nitrogen and oxygen atoms in total. The van der Waals surface area contributed by atoms with E-state index in [2.05, 4.69) is 19.2 Å². The van der Waals surface area contributed by atoms with E-state index in [9.17, 15) is 9.59 Å². The van der Waals surface area contributed by atoms with Gasteiger partial charge >= 0.3 is 0 Å². The normalized spacial score (nSPS) is 19.0. The van der Waals surface area contributed by atoms with Gasteiger partial charge in [-0.2, -0.15) is 0 Å². The standard InChI is InChI=1S/C23H27N3O2S/c1-16(2)10-11-24-22(28)23(3)15-25-19-9-5-4-7-17(19)13-20(25)21(27)26(23)14-18-8-6-12-29-18/h4-9,12-13,16H,10-11,14-15H2,1-3H3,(H,24,28). The van der Waals surface area contributed by atoms with Crippen LogP contribution in [-0.4, -0.2) is 33.4 Å². The lowest BCUT2D eigenvalue weighted by atomic mass is 9.94. The highest BCUT2D eigenvalue weighted by molar-refractivity contribution is 7.09. The van der Waals surface area contributed by atoms with E-state index < -0.39 is 5.54 Å². The van der Waals surface area contributed by atoms with Gasteiger partial charge in [0.2, 0.25) is 5.91 Å². The van der Waals surface area contributed by atoms with Crippen molar-refractivity contribution in [1.82, 2.24) is 14.8 Å². The largest absolute Gasteiger partial charge is 0.354 e. The first-order valence-electron chi connectivity index (χ1n) is 10.1. The average Bonchev–Trinajstić information content (AvgIpc) is 3.33. The maximum atomic E-state index is 13.5. The molecule has 3 aromatic rings. The van der Waals surface area contributed by atoms with E-state index in [1.54, 1.807) is 16.2 Å². The van der Waals surface area contributed by atoms with Gasteiger partial charge in [-0.15, -0.1) is 11.3 Å². The molecule has 0 spiro atoms. The first-order valence-corrected chi connectivity index (χ1v) is 11.0. The van der Waals surface area contributed by atoms with E-state index in [1.165, 1.54) is 0 Å². The molecule has 2 aromatic heterocycles. The summed E-state index contributed by atoms with van der Waals surface area (Å²) in [4.78, 5) is 29.7. The van der Waals surface area contributed by atoms with Gasteiger partial charge in [0.1, 0.15) is 11.2 Å². The zero-order valence-electron chi connectivity index (χ0n) is 17.1. The summed E-state index contributed by atoms with van der Waals surface area (Å²) in [6, 6.07) is 13.9. The van der Waals surface area contributed by atoms with Gasteiger partial charge in [0.05, 0.1) is 13.1 Å². The number of fused-ring (bicyclic) bond motifs is 3. The molecule has 0 saturated heterocycles. The molecule has 152 valence electrons. The molecule has 0 radical (unpaired) electrons. The number of carbonyl (C=O) groups is 2. The van der Waals surface area contributed by atoms with Crippen molar-refractivity contribution < 1.29 is 9.59 Å². The molecule has 29 heavy (non-hydrogen) atoms. The van der Waals surface area contributed by atoms with E-state index >= 15 is 0 Å². The summed E-state index contributed by atoms with van der Waals surface area (Å²) >= 11 is 1.61. The Bertz CT molecular complexity index is 1040. The molecule has 0 fully saturated rings. The van der Waals surface area contributed by atoms with Crippen molar-refractivity contribution in [3.8, 4) is 0 Å². The fourth-order valence-electron chi connectivity index (χ4n) is 3.98. The minimum atomic E-state index is -0.952. The number of thiophene rings is 1. The summed E-state index contributed by atoms with van der Waals surface area (Å²) in [5.74, 6) is 0.326. The minimum absolute atomic E-state index is 0.0912. The number of rotatable bonds is 6. The maximum Gasteiger partial charge on any atom is 0.271 e. The zero-order valence-corrected chi connectivity index (χ0v) is 18.0.